The Balaban J connectivity index is 1.41. The molecule has 1 saturated heterocycles. The Kier molecular flexibility index (Phi) is 5.33. The Bertz CT molecular complexity index is 865. The molecule has 5 nitrogen and oxygen atoms in total. The zero-order valence-corrected chi connectivity index (χ0v) is 16.4. The third-order valence-corrected chi connectivity index (χ3v) is 5.82. The number of aryl methyl sites for hydroxylation is 1. The summed E-state index contributed by atoms with van der Waals surface area (Å²) in [5, 5.41) is 3.01. The van der Waals surface area contributed by atoms with Gasteiger partial charge in [-0.25, -0.2) is 0 Å². The van der Waals surface area contributed by atoms with Gasteiger partial charge in [0.05, 0.1) is 11.3 Å². The normalized spacial score (nSPS) is 18.5. The lowest BCUT2D eigenvalue weighted by atomic mass is 9.97. The second kappa shape index (κ2) is 8.05. The van der Waals surface area contributed by atoms with Crippen LogP contribution >= 0.6 is 0 Å². The average molecular weight is 377 g/mol. The summed E-state index contributed by atoms with van der Waals surface area (Å²) in [6.07, 6.45) is 5.14. The molecule has 0 aliphatic carbocycles. The van der Waals surface area contributed by atoms with Gasteiger partial charge < -0.3 is 15.1 Å². The SMILES string of the molecule is CN1c2cc(C(=O)NCCCc3ccccc3)ccc2C(=O)N2CCCC[C@H]21. The summed E-state index contributed by atoms with van der Waals surface area (Å²) in [6, 6.07) is 15.7. The number of hydrogen-bond acceptors (Lipinski definition) is 3. The van der Waals surface area contributed by atoms with Crippen LogP contribution < -0.4 is 10.2 Å². The fourth-order valence-corrected chi connectivity index (χ4v) is 4.26. The van der Waals surface area contributed by atoms with Crippen LogP contribution in [0.15, 0.2) is 48.5 Å². The van der Waals surface area contributed by atoms with Crippen LogP contribution in [0.25, 0.3) is 0 Å². The van der Waals surface area contributed by atoms with Crippen molar-refractivity contribution in [1.29, 1.82) is 0 Å². The molecule has 0 spiro atoms. The second-order valence-corrected chi connectivity index (χ2v) is 7.66. The van der Waals surface area contributed by atoms with Crippen LogP contribution in [0.4, 0.5) is 5.69 Å². The van der Waals surface area contributed by atoms with Crippen molar-refractivity contribution >= 4 is 17.5 Å². The van der Waals surface area contributed by atoms with E-state index in [1.54, 1.807) is 12.1 Å². The summed E-state index contributed by atoms with van der Waals surface area (Å²) >= 11 is 0. The van der Waals surface area contributed by atoms with Crippen LogP contribution in [0.5, 0.6) is 0 Å². The summed E-state index contributed by atoms with van der Waals surface area (Å²) in [5.74, 6) is 0.00963. The molecule has 5 heteroatoms. The molecule has 4 rings (SSSR count). The van der Waals surface area contributed by atoms with E-state index in [0.717, 1.165) is 44.3 Å². The molecule has 0 aromatic heterocycles. The van der Waals surface area contributed by atoms with Gasteiger partial charge in [-0.05, 0) is 55.9 Å². The zero-order valence-electron chi connectivity index (χ0n) is 16.4. The number of piperidine rings is 1. The summed E-state index contributed by atoms with van der Waals surface area (Å²) < 4.78 is 0. The van der Waals surface area contributed by atoms with Gasteiger partial charge in [0.25, 0.3) is 11.8 Å². The van der Waals surface area contributed by atoms with Gasteiger partial charge in [-0.3, -0.25) is 9.59 Å². The smallest absolute Gasteiger partial charge is 0.257 e. The number of amides is 2. The second-order valence-electron chi connectivity index (χ2n) is 7.66. The molecule has 0 radical (unpaired) electrons. The first-order valence-corrected chi connectivity index (χ1v) is 10.1. The highest BCUT2D eigenvalue weighted by Gasteiger charge is 2.37. The fourth-order valence-electron chi connectivity index (χ4n) is 4.26. The van der Waals surface area contributed by atoms with E-state index in [-0.39, 0.29) is 18.0 Å². The van der Waals surface area contributed by atoms with Crippen molar-refractivity contribution in [3.05, 3.63) is 65.2 Å². The summed E-state index contributed by atoms with van der Waals surface area (Å²) in [4.78, 5) is 29.5. The Morgan fingerprint density at radius 2 is 1.96 bits per heavy atom. The first-order valence-electron chi connectivity index (χ1n) is 10.1. The van der Waals surface area contributed by atoms with Gasteiger partial charge in [-0.1, -0.05) is 30.3 Å². The first kappa shape index (κ1) is 18.5. The summed E-state index contributed by atoms with van der Waals surface area (Å²) in [7, 11) is 2.02. The van der Waals surface area contributed by atoms with Crippen molar-refractivity contribution < 1.29 is 9.59 Å². The highest BCUT2D eigenvalue weighted by atomic mass is 16.2. The number of nitrogens with one attached hydrogen (secondary N) is 1. The predicted octanol–water partition coefficient (Wildman–Crippen LogP) is 3.45. The Morgan fingerprint density at radius 1 is 1.14 bits per heavy atom. The number of carbonyl (C=O) groups excluding carboxylic acids is 2. The van der Waals surface area contributed by atoms with Gasteiger partial charge in [0, 0.05) is 25.7 Å². The molecule has 2 aliphatic heterocycles. The van der Waals surface area contributed by atoms with Crippen molar-refractivity contribution in [2.45, 2.75) is 38.3 Å². The highest BCUT2D eigenvalue weighted by molar-refractivity contribution is 6.04. The molecule has 2 aromatic carbocycles. The van der Waals surface area contributed by atoms with Gasteiger partial charge in [0.2, 0.25) is 0 Å². The number of carbonyl (C=O) groups is 2. The van der Waals surface area contributed by atoms with Crippen molar-refractivity contribution in [2.24, 2.45) is 0 Å². The van der Waals surface area contributed by atoms with E-state index in [2.05, 4.69) is 22.3 Å². The minimum absolute atomic E-state index is 0.0808. The number of fused-ring (bicyclic) bond motifs is 2. The molecular weight excluding hydrogens is 350 g/mol. The summed E-state index contributed by atoms with van der Waals surface area (Å²) in [6.45, 7) is 1.45. The predicted molar refractivity (Wildman–Crippen MR) is 111 cm³/mol. The van der Waals surface area contributed by atoms with E-state index >= 15 is 0 Å². The van der Waals surface area contributed by atoms with Gasteiger partial charge in [-0.2, -0.15) is 0 Å². The standard InChI is InChI=1S/C23H27N3O2/c1-25-20-16-18(22(27)24-14-7-10-17-8-3-2-4-9-17)12-13-19(20)23(28)26-15-6-5-11-21(25)26/h2-4,8-9,12-13,16,21H,5-7,10-11,14-15H2,1H3,(H,24,27)/t21-/m0/s1. The third-order valence-electron chi connectivity index (χ3n) is 5.82. The van der Waals surface area contributed by atoms with E-state index in [1.165, 1.54) is 5.56 Å². The highest BCUT2D eigenvalue weighted by Crippen LogP contribution is 2.34. The first-order chi connectivity index (χ1) is 13.6. The topological polar surface area (TPSA) is 52.7 Å². The van der Waals surface area contributed by atoms with E-state index in [1.807, 2.05) is 36.2 Å². The van der Waals surface area contributed by atoms with E-state index in [0.29, 0.717) is 17.7 Å². The molecule has 2 amide bonds. The maximum atomic E-state index is 12.8. The monoisotopic (exact) mass is 377 g/mol. The maximum absolute atomic E-state index is 12.8. The minimum Gasteiger partial charge on any atom is -0.354 e. The molecule has 0 bridgehead atoms. The molecule has 2 aliphatic rings. The molecular formula is C23H27N3O2. The number of hydrogen-bond donors (Lipinski definition) is 1. The van der Waals surface area contributed by atoms with Gasteiger partial charge in [0.15, 0.2) is 0 Å². The summed E-state index contributed by atoms with van der Waals surface area (Å²) in [5.41, 5.74) is 3.46. The Hall–Kier alpha value is -2.82. The molecule has 1 N–H and O–H groups in total. The number of rotatable bonds is 5. The lowest BCUT2D eigenvalue weighted by molar-refractivity contribution is 0.0589. The third kappa shape index (κ3) is 3.61. The molecule has 0 unspecified atom stereocenters. The van der Waals surface area contributed by atoms with Gasteiger partial charge in [-0.15, -0.1) is 0 Å². The van der Waals surface area contributed by atoms with Crippen molar-refractivity contribution in [3.63, 3.8) is 0 Å². The van der Waals surface area contributed by atoms with Crippen LogP contribution in [-0.4, -0.2) is 43.0 Å². The fraction of sp³-hybridized carbons (Fsp3) is 0.391. The molecule has 28 heavy (non-hydrogen) atoms. The van der Waals surface area contributed by atoms with Crippen LogP contribution in [0, 0.1) is 0 Å². The van der Waals surface area contributed by atoms with Crippen LogP contribution in [0.3, 0.4) is 0 Å². The number of nitrogens with zero attached hydrogens (tertiary/aromatic N) is 2. The minimum atomic E-state index is -0.0808. The van der Waals surface area contributed by atoms with Crippen molar-refractivity contribution in [3.8, 4) is 0 Å². The van der Waals surface area contributed by atoms with Crippen LogP contribution in [-0.2, 0) is 6.42 Å². The molecule has 1 atom stereocenters. The number of benzene rings is 2. The maximum Gasteiger partial charge on any atom is 0.257 e. The van der Waals surface area contributed by atoms with Crippen molar-refractivity contribution in [1.82, 2.24) is 10.2 Å². The molecule has 2 heterocycles. The Labute approximate surface area is 166 Å². The van der Waals surface area contributed by atoms with E-state index < -0.39 is 0 Å². The lowest BCUT2D eigenvalue weighted by Gasteiger charge is -2.46. The number of anilines is 1. The van der Waals surface area contributed by atoms with Gasteiger partial charge >= 0.3 is 0 Å². The van der Waals surface area contributed by atoms with Crippen LogP contribution in [0.1, 0.15) is 52.0 Å². The molecule has 146 valence electrons. The van der Waals surface area contributed by atoms with Crippen molar-refractivity contribution in [2.75, 3.05) is 25.0 Å². The van der Waals surface area contributed by atoms with E-state index in [4.69, 9.17) is 0 Å². The zero-order chi connectivity index (χ0) is 19.5. The molecule has 1 fully saturated rings. The molecule has 0 saturated carbocycles. The Morgan fingerprint density at radius 3 is 2.79 bits per heavy atom. The van der Waals surface area contributed by atoms with Gasteiger partial charge in [0.1, 0.15) is 6.17 Å². The average Bonchev–Trinajstić information content (AvgIpc) is 2.75. The lowest BCUT2D eigenvalue weighted by Crippen LogP contribution is -2.55. The molecule has 2 aromatic rings. The van der Waals surface area contributed by atoms with E-state index in [9.17, 15) is 9.59 Å². The quantitative estimate of drug-likeness (QED) is 0.812. The van der Waals surface area contributed by atoms with Crippen LogP contribution in [0.2, 0.25) is 0 Å². The largest absolute Gasteiger partial charge is 0.354 e.